The van der Waals surface area contributed by atoms with Crippen LogP contribution in [0.5, 0.6) is 0 Å². The zero-order valence-electron chi connectivity index (χ0n) is 9.15. The number of fused-ring (bicyclic) bond motifs is 1. The van der Waals surface area contributed by atoms with Crippen LogP contribution < -0.4 is 4.90 Å². The highest BCUT2D eigenvalue weighted by molar-refractivity contribution is 5.79. The van der Waals surface area contributed by atoms with E-state index in [1.165, 1.54) is 11.1 Å². The number of ether oxygens (including phenoxy) is 1. The largest absolute Gasteiger partial charge is 0.380 e. The van der Waals surface area contributed by atoms with Crippen LogP contribution in [0.1, 0.15) is 6.42 Å². The standard InChI is InChI=1S/C12H15N3O/c1-4-15(5-7-16-6-1)11-8-10-2-3-13-12(10)14-9-11/h2-3,8-9H,1,4-7H2,(H,13,14). The van der Waals surface area contributed by atoms with E-state index in [1.807, 2.05) is 12.4 Å². The smallest absolute Gasteiger partial charge is 0.137 e. The van der Waals surface area contributed by atoms with Gasteiger partial charge in [-0.2, -0.15) is 0 Å². The van der Waals surface area contributed by atoms with E-state index in [4.69, 9.17) is 4.74 Å². The Hall–Kier alpha value is -1.55. The molecule has 3 rings (SSSR count). The fourth-order valence-corrected chi connectivity index (χ4v) is 2.11. The lowest BCUT2D eigenvalue weighted by atomic mass is 10.3. The van der Waals surface area contributed by atoms with Crippen LogP contribution in [-0.2, 0) is 4.74 Å². The van der Waals surface area contributed by atoms with E-state index < -0.39 is 0 Å². The van der Waals surface area contributed by atoms with Crippen molar-refractivity contribution >= 4 is 16.7 Å². The highest BCUT2D eigenvalue weighted by Crippen LogP contribution is 2.19. The predicted octanol–water partition coefficient (Wildman–Crippen LogP) is 1.79. The molecule has 0 saturated carbocycles. The molecule has 0 bridgehead atoms. The zero-order valence-corrected chi connectivity index (χ0v) is 9.15. The maximum absolute atomic E-state index is 5.45. The number of hydrogen-bond donors (Lipinski definition) is 1. The number of H-pyrrole nitrogens is 1. The third-order valence-corrected chi connectivity index (χ3v) is 2.97. The Morgan fingerprint density at radius 3 is 3.31 bits per heavy atom. The number of aromatic nitrogens is 2. The van der Waals surface area contributed by atoms with Crippen molar-refractivity contribution in [1.82, 2.24) is 9.97 Å². The van der Waals surface area contributed by atoms with Crippen molar-refractivity contribution in [2.24, 2.45) is 0 Å². The van der Waals surface area contributed by atoms with Crippen molar-refractivity contribution in [2.75, 3.05) is 31.2 Å². The summed E-state index contributed by atoms with van der Waals surface area (Å²) in [6.45, 7) is 3.69. The summed E-state index contributed by atoms with van der Waals surface area (Å²) in [6, 6.07) is 4.24. The van der Waals surface area contributed by atoms with E-state index in [9.17, 15) is 0 Å². The molecule has 0 atom stereocenters. The van der Waals surface area contributed by atoms with Crippen molar-refractivity contribution in [3.05, 3.63) is 24.5 Å². The van der Waals surface area contributed by atoms with Crippen molar-refractivity contribution in [1.29, 1.82) is 0 Å². The Balaban J connectivity index is 1.91. The third-order valence-electron chi connectivity index (χ3n) is 2.97. The number of pyridine rings is 1. The Morgan fingerprint density at radius 2 is 2.31 bits per heavy atom. The van der Waals surface area contributed by atoms with Crippen molar-refractivity contribution in [3.63, 3.8) is 0 Å². The molecular weight excluding hydrogens is 202 g/mol. The van der Waals surface area contributed by atoms with E-state index >= 15 is 0 Å². The molecule has 0 amide bonds. The van der Waals surface area contributed by atoms with Gasteiger partial charge in [-0.15, -0.1) is 0 Å². The number of rotatable bonds is 1. The molecule has 84 valence electrons. The number of anilines is 1. The lowest BCUT2D eigenvalue weighted by molar-refractivity contribution is 0.152. The van der Waals surface area contributed by atoms with Gasteiger partial charge in [0.1, 0.15) is 5.65 Å². The molecule has 16 heavy (non-hydrogen) atoms. The van der Waals surface area contributed by atoms with Gasteiger partial charge in [-0.3, -0.25) is 0 Å². The summed E-state index contributed by atoms with van der Waals surface area (Å²) in [5.74, 6) is 0. The lowest BCUT2D eigenvalue weighted by Crippen LogP contribution is -2.25. The average Bonchev–Trinajstić information content (AvgIpc) is 2.61. The third kappa shape index (κ3) is 1.76. The molecule has 0 spiro atoms. The van der Waals surface area contributed by atoms with Crippen LogP contribution in [0.25, 0.3) is 11.0 Å². The molecule has 1 aliphatic heterocycles. The molecule has 0 radical (unpaired) electrons. The van der Waals surface area contributed by atoms with E-state index in [-0.39, 0.29) is 0 Å². The number of aromatic amines is 1. The molecule has 0 unspecified atom stereocenters. The summed E-state index contributed by atoms with van der Waals surface area (Å²) in [4.78, 5) is 9.86. The Bertz CT molecular complexity index is 472. The second kappa shape index (κ2) is 4.14. The SMILES string of the molecule is c1cc2cc(N3CCCOCC3)cnc2[nH]1. The summed E-state index contributed by atoms with van der Waals surface area (Å²) in [7, 11) is 0. The highest BCUT2D eigenvalue weighted by atomic mass is 16.5. The van der Waals surface area contributed by atoms with Gasteiger partial charge in [0, 0.05) is 31.3 Å². The summed E-state index contributed by atoms with van der Waals surface area (Å²) in [5.41, 5.74) is 2.15. The highest BCUT2D eigenvalue weighted by Gasteiger charge is 2.10. The number of nitrogens with one attached hydrogen (secondary N) is 1. The lowest BCUT2D eigenvalue weighted by Gasteiger charge is -2.21. The summed E-state index contributed by atoms with van der Waals surface area (Å²) < 4.78 is 5.45. The van der Waals surface area contributed by atoms with E-state index in [0.29, 0.717) is 0 Å². The van der Waals surface area contributed by atoms with Gasteiger partial charge in [0.2, 0.25) is 0 Å². The average molecular weight is 217 g/mol. The molecule has 0 aromatic carbocycles. The maximum Gasteiger partial charge on any atom is 0.137 e. The molecule has 1 aliphatic rings. The molecule has 4 nitrogen and oxygen atoms in total. The fourth-order valence-electron chi connectivity index (χ4n) is 2.11. The molecule has 1 N–H and O–H groups in total. The first-order chi connectivity index (χ1) is 7.93. The van der Waals surface area contributed by atoms with Crippen LogP contribution in [0.3, 0.4) is 0 Å². The Morgan fingerprint density at radius 1 is 1.31 bits per heavy atom. The normalized spacial score (nSPS) is 17.6. The summed E-state index contributed by atoms with van der Waals surface area (Å²) in [5, 5.41) is 1.17. The Labute approximate surface area is 94.2 Å². The van der Waals surface area contributed by atoms with Crippen molar-refractivity contribution in [3.8, 4) is 0 Å². The molecule has 0 aliphatic carbocycles. The number of nitrogens with zero attached hydrogens (tertiary/aromatic N) is 2. The minimum absolute atomic E-state index is 0.811. The van der Waals surface area contributed by atoms with Crippen molar-refractivity contribution < 1.29 is 4.74 Å². The molecule has 1 saturated heterocycles. The van der Waals surface area contributed by atoms with Crippen LogP contribution in [0.2, 0.25) is 0 Å². The van der Waals surface area contributed by atoms with E-state index in [2.05, 4.69) is 27.0 Å². The summed E-state index contributed by atoms with van der Waals surface area (Å²) >= 11 is 0. The predicted molar refractivity (Wildman–Crippen MR) is 63.7 cm³/mol. The van der Waals surface area contributed by atoms with Crippen LogP contribution in [0, 0.1) is 0 Å². The Kier molecular flexibility index (Phi) is 2.50. The topological polar surface area (TPSA) is 41.1 Å². The quantitative estimate of drug-likeness (QED) is 0.791. The van der Waals surface area contributed by atoms with E-state index in [0.717, 1.165) is 38.4 Å². The molecule has 2 aromatic heterocycles. The van der Waals surface area contributed by atoms with E-state index in [1.54, 1.807) is 0 Å². The van der Waals surface area contributed by atoms with Crippen LogP contribution >= 0.6 is 0 Å². The van der Waals surface area contributed by atoms with Gasteiger partial charge in [-0.1, -0.05) is 0 Å². The van der Waals surface area contributed by atoms with Crippen LogP contribution in [0.15, 0.2) is 24.5 Å². The molecule has 4 heteroatoms. The first-order valence-electron chi connectivity index (χ1n) is 5.69. The molecular formula is C12H15N3O. The van der Waals surface area contributed by atoms with Crippen LogP contribution in [-0.4, -0.2) is 36.3 Å². The van der Waals surface area contributed by atoms with Crippen LogP contribution in [0.4, 0.5) is 5.69 Å². The second-order valence-corrected chi connectivity index (χ2v) is 4.06. The minimum Gasteiger partial charge on any atom is -0.380 e. The first-order valence-corrected chi connectivity index (χ1v) is 5.69. The van der Waals surface area contributed by atoms with Gasteiger partial charge in [0.25, 0.3) is 0 Å². The van der Waals surface area contributed by atoms with Gasteiger partial charge < -0.3 is 14.6 Å². The molecule has 3 heterocycles. The van der Waals surface area contributed by atoms with Gasteiger partial charge in [-0.25, -0.2) is 4.98 Å². The fraction of sp³-hybridized carbons (Fsp3) is 0.417. The van der Waals surface area contributed by atoms with Crippen molar-refractivity contribution in [2.45, 2.75) is 6.42 Å². The van der Waals surface area contributed by atoms with Gasteiger partial charge in [0.05, 0.1) is 18.5 Å². The minimum atomic E-state index is 0.811. The van der Waals surface area contributed by atoms with Gasteiger partial charge in [-0.05, 0) is 18.6 Å². The summed E-state index contributed by atoms with van der Waals surface area (Å²) in [6.07, 6.45) is 4.95. The first kappa shape index (κ1) is 9.66. The second-order valence-electron chi connectivity index (χ2n) is 4.06. The molecule has 2 aromatic rings. The van der Waals surface area contributed by atoms with Gasteiger partial charge >= 0.3 is 0 Å². The molecule has 1 fully saturated rings. The maximum atomic E-state index is 5.45. The van der Waals surface area contributed by atoms with Gasteiger partial charge in [0.15, 0.2) is 0 Å². The monoisotopic (exact) mass is 217 g/mol. The number of hydrogen-bond acceptors (Lipinski definition) is 3. The zero-order chi connectivity index (χ0) is 10.8.